The van der Waals surface area contributed by atoms with Crippen LogP contribution >= 0.6 is 34.5 Å². The van der Waals surface area contributed by atoms with Crippen molar-refractivity contribution >= 4 is 50.7 Å². The highest BCUT2D eigenvalue weighted by atomic mass is 35.5. The first-order valence-corrected chi connectivity index (χ1v) is 12.5. The summed E-state index contributed by atoms with van der Waals surface area (Å²) in [5.41, 5.74) is -0.121. The number of ether oxygens (including phenoxy) is 1. The molecule has 0 bridgehead atoms. The van der Waals surface area contributed by atoms with E-state index in [1.807, 2.05) is 24.3 Å². The van der Waals surface area contributed by atoms with Gasteiger partial charge in [-0.1, -0.05) is 41.4 Å². The average Bonchev–Trinajstić information content (AvgIpc) is 3.19. The van der Waals surface area contributed by atoms with Crippen LogP contribution in [0.2, 0.25) is 10.0 Å². The number of amides is 1. The van der Waals surface area contributed by atoms with E-state index >= 15 is 8.78 Å². The zero-order valence-corrected chi connectivity index (χ0v) is 21.1. The topological polar surface area (TPSA) is 51.2 Å². The van der Waals surface area contributed by atoms with E-state index < -0.39 is 17.4 Å². The number of nitrogens with zero attached hydrogens (tertiary/aromatic N) is 1. The van der Waals surface area contributed by atoms with Crippen LogP contribution in [0.1, 0.15) is 47.1 Å². The van der Waals surface area contributed by atoms with Gasteiger partial charge in [0.25, 0.3) is 5.91 Å². The summed E-state index contributed by atoms with van der Waals surface area (Å²) in [6.45, 7) is 3.16. The summed E-state index contributed by atoms with van der Waals surface area (Å²) in [4.78, 5) is 17.9. The Bertz CT molecular complexity index is 1450. The van der Waals surface area contributed by atoms with Crippen LogP contribution in [0.25, 0.3) is 21.3 Å². The second-order valence-electron chi connectivity index (χ2n) is 8.80. The van der Waals surface area contributed by atoms with Gasteiger partial charge in [-0.15, -0.1) is 11.3 Å². The van der Waals surface area contributed by atoms with Crippen molar-refractivity contribution in [3.63, 3.8) is 0 Å². The molecule has 0 radical (unpaired) electrons. The Labute approximate surface area is 214 Å². The number of para-hydroxylation sites is 1. The van der Waals surface area contributed by atoms with E-state index in [9.17, 15) is 4.79 Å². The zero-order chi connectivity index (χ0) is 24.9. The van der Waals surface area contributed by atoms with Crippen LogP contribution in [0.15, 0.2) is 48.7 Å². The van der Waals surface area contributed by atoms with Gasteiger partial charge < -0.3 is 10.1 Å². The normalized spacial score (nSPS) is 15.5. The maximum atomic E-state index is 15.5. The van der Waals surface area contributed by atoms with Gasteiger partial charge in [0, 0.05) is 33.2 Å². The van der Waals surface area contributed by atoms with Crippen molar-refractivity contribution in [1.82, 2.24) is 10.3 Å². The number of pyridine rings is 1. The second-order valence-corrected chi connectivity index (χ2v) is 10.7. The first-order chi connectivity index (χ1) is 16.6. The Balaban J connectivity index is 1.65. The van der Waals surface area contributed by atoms with E-state index in [4.69, 9.17) is 27.9 Å². The van der Waals surface area contributed by atoms with Crippen molar-refractivity contribution in [2.45, 2.75) is 32.0 Å². The summed E-state index contributed by atoms with van der Waals surface area (Å²) in [6, 6.07) is 11.9. The van der Waals surface area contributed by atoms with Gasteiger partial charge in [-0.3, -0.25) is 9.78 Å². The van der Waals surface area contributed by atoms with Crippen LogP contribution in [-0.2, 0) is 5.67 Å². The van der Waals surface area contributed by atoms with E-state index in [-0.39, 0.29) is 27.6 Å². The number of nitrogens with one attached hydrogen (secondary N) is 1. The minimum atomic E-state index is -1.91. The molecule has 1 N–H and O–H groups in total. The fourth-order valence-electron chi connectivity index (χ4n) is 4.40. The number of aromatic nitrogens is 1. The third kappa shape index (κ3) is 4.48. The predicted octanol–water partition coefficient (Wildman–Crippen LogP) is 7.87. The molecule has 180 valence electrons. The van der Waals surface area contributed by atoms with Crippen molar-refractivity contribution in [3.8, 4) is 16.9 Å². The van der Waals surface area contributed by atoms with Crippen molar-refractivity contribution in [2.75, 3.05) is 6.61 Å². The monoisotopic (exact) mass is 532 g/mol. The average molecular weight is 533 g/mol. The highest BCUT2D eigenvalue weighted by molar-refractivity contribution is 7.21. The smallest absolute Gasteiger partial charge is 0.262 e. The highest BCUT2D eigenvalue weighted by Gasteiger charge is 2.34. The summed E-state index contributed by atoms with van der Waals surface area (Å²) in [6.07, 6.45) is 1.60. The lowest BCUT2D eigenvalue weighted by atomic mass is 9.96. The van der Waals surface area contributed by atoms with Gasteiger partial charge in [-0.2, -0.15) is 0 Å². The molecular weight excluding hydrogens is 513 g/mol. The number of carbonyl (C=O) groups is 1. The molecule has 2 aromatic heterocycles. The number of thiophene rings is 1. The van der Waals surface area contributed by atoms with E-state index in [0.29, 0.717) is 39.1 Å². The largest absolute Gasteiger partial charge is 0.493 e. The molecule has 1 aliphatic rings. The predicted molar refractivity (Wildman–Crippen MR) is 136 cm³/mol. The molecule has 4 nitrogen and oxygen atoms in total. The Hall–Kier alpha value is -2.74. The van der Waals surface area contributed by atoms with E-state index in [2.05, 4.69) is 10.3 Å². The quantitative estimate of drug-likeness (QED) is 0.291. The van der Waals surface area contributed by atoms with E-state index in [0.717, 1.165) is 23.1 Å². The minimum Gasteiger partial charge on any atom is -0.493 e. The Kier molecular flexibility index (Phi) is 6.20. The van der Waals surface area contributed by atoms with Gasteiger partial charge in [0.05, 0.1) is 29.1 Å². The van der Waals surface area contributed by atoms with Crippen molar-refractivity contribution < 1.29 is 18.3 Å². The Morgan fingerprint density at radius 3 is 2.63 bits per heavy atom. The van der Waals surface area contributed by atoms with Crippen molar-refractivity contribution in [2.24, 2.45) is 0 Å². The van der Waals surface area contributed by atoms with Gasteiger partial charge in [0.2, 0.25) is 0 Å². The maximum absolute atomic E-state index is 15.5. The third-order valence-corrected chi connectivity index (χ3v) is 7.50. The molecule has 3 heterocycles. The zero-order valence-electron chi connectivity index (χ0n) is 18.8. The fraction of sp³-hybridized carbons (Fsp3) is 0.231. The van der Waals surface area contributed by atoms with Gasteiger partial charge in [-0.05, 0) is 43.7 Å². The number of fused-ring (bicyclic) bond motifs is 2. The molecule has 35 heavy (non-hydrogen) atoms. The maximum Gasteiger partial charge on any atom is 0.262 e. The number of hydrogen-bond donors (Lipinski definition) is 1. The van der Waals surface area contributed by atoms with Gasteiger partial charge in [0.15, 0.2) is 5.82 Å². The number of benzene rings is 2. The van der Waals surface area contributed by atoms with Crippen LogP contribution in [0, 0.1) is 5.82 Å². The van der Waals surface area contributed by atoms with E-state index in [1.165, 1.54) is 19.9 Å². The summed E-state index contributed by atoms with van der Waals surface area (Å²) in [5.74, 6) is -0.369. The lowest BCUT2D eigenvalue weighted by molar-refractivity contribution is 0.0922. The molecule has 1 aliphatic heterocycles. The third-order valence-electron chi connectivity index (χ3n) is 5.87. The number of carbonyl (C=O) groups excluding carboxylic acids is 1. The molecule has 5 rings (SSSR count). The van der Waals surface area contributed by atoms with Crippen LogP contribution in [-0.4, -0.2) is 17.5 Å². The SMILES string of the molecule is CC(C)(F)c1c(C(=O)N[C@H]2CCOc3ccccc32)sc2c(-c3cc(Cl)cc(Cl)c3)c(F)cnc12. The lowest BCUT2D eigenvalue weighted by Gasteiger charge is -2.27. The molecular formula is C26H20Cl2F2N2O2S. The highest BCUT2D eigenvalue weighted by Crippen LogP contribution is 2.45. The molecule has 1 amide bonds. The first kappa shape index (κ1) is 24.0. The van der Waals surface area contributed by atoms with Crippen LogP contribution in [0.3, 0.4) is 0 Å². The van der Waals surface area contributed by atoms with Crippen molar-refractivity contribution in [3.05, 3.63) is 80.5 Å². The molecule has 1 atom stereocenters. The van der Waals surface area contributed by atoms with Crippen LogP contribution < -0.4 is 10.1 Å². The molecule has 0 saturated heterocycles. The van der Waals surface area contributed by atoms with Gasteiger partial charge in [-0.25, -0.2) is 8.78 Å². The molecule has 0 spiro atoms. The summed E-state index contributed by atoms with van der Waals surface area (Å²) in [7, 11) is 0. The fourth-order valence-corrected chi connectivity index (χ4v) is 6.30. The Morgan fingerprint density at radius 1 is 1.20 bits per heavy atom. The Morgan fingerprint density at radius 2 is 1.91 bits per heavy atom. The first-order valence-electron chi connectivity index (χ1n) is 10.9. The summed E-state index contributed by atoms with van der Waals surface area (Å²) in [5, 5.41) is 3.68. The number of rotatable bonds is 4. The summed E-state index contributed by atoms with van der Waals surface area (Å²) >= 11 is 13.3. The molecule has 0 saturated carbocycles. The van der Waals surface area contributed by atoms with Crippen molar-refractivity contribution in [1.29, 1.82) is 0 Å². The summed E-state index contributed by atoms with van der Waals surface area (Å²) < 4.78 is 36.6. The molecule has 0 unspecified atom stereocenters. The molecule has 2 aromatic carbocycles. The van der Waals surface area contributed by atoms with Crippen LogP contribution in [0.4, 0.5) is 8.78 Å². The standard InChI is InChI=1S/C26H20Cl2F2N2O2S/c1-26(2,30)21-22-23(20(17(29)12-31-22)13-9-14(27)11-15(28)10-13)35-24(21)25(33)32-18-7-8-34-19-6-4-3-5-16(18)19/h3-6,9-12,18H,7-8H2,1-2H3,(H,32,33)/t18-/m0/s1. The molecule has 0 aliphatic carbocycles. The number of alkyl halides is 1. The molecule has 9 heteroatoms. The van der Waals surface area contributed by atoms with E-state index in [1.54, 1.807) is 12.1 Å². The molecule has 0 fully saturated rings. The minimum absolute atomic E-state index is 0.115. The van der Waals surface area contributed by atoms with Crippen LogP contribution in [0.5, 0.6) is 5.75 Å². The molecule has 4 aromatic rings. The second kappa shape index (κ2) is 9.04. The lowest BCUT2D eigenvalue weighted by Crippen LogP contribution is -2.32. The number of hydrogen-bond acceptors (Lipinski definition) is 4. The van der Waals surface area contributed by atoms with Gasteiger partial charge in [0.1, 0.15) is 16.3 Å². The number of halogens is 4. The van der Waals surface area contributed by atoms with Gasteiger partial charge >= 0.3 is 0 Å².